The lowest BCUT2D eigenvalue weighted by molar-refractivity contribution is -0.384. The van der Waals surface area contributed by atoms with E-state index in [0.29, 0.717) is 16.7 Å². The highest BCUT2D eigenvalue weighted by Crippen LogP contribution is 2.30. The highest BCUT2D eigenvalue weighted by molar-refractivity contribution is 5.73. The second kappa shape index (κ2) is 6.82. The minimum Gasteiger partial charge on any atom is -0.481 e. The van der Waals surface area contributed by atoms with Gasteiger partial charge in [0.25, 0.3) is 5.69 Å². The lowest BCUT2D eigenvalue weighted by atomic mass is 9.99. The Labute approximate surface area is 126 Å². The minimum atomic E-state index is -0.962. The fourth-order valence-electron chi connectivity index (χ4n) is 2.19. The summed E-state index contributed by atoms with van der Waals surface area (Å²) in [7, 11) is 0. The Morgan fingerprint density at radius 2 is 1.77 bits per heavy atom. The highest BCUT2D eigenvalue weighted by Gasteiger charge is 2.15. The van der Waals surface area contributed by atoms with Crippen molar-refractivity contribution in [3.63, 3.8) is 0 Å². The number of carbonyl (C=O) groups is 1. The molecule has 2 aromatic carbocycles. The van der Waals surface area contributed by atoms with Crippen LogP contribution < -0.4 is 0 Å². The number of nitro benzene ring substituents is 1. The normalized spacial score (nSPS) is 11.9. The Morgan fingerprint density at radius 3 is 2.36 bits per heavy atom. The van der Waals surface area contributed by atoms with Crippen molar-refractivity contribution in [2.24, 2.45) is 0 Å². The molecule has 1 unspecified atom stereocenters. The Balaban J connectivity index is 2.22. The van der Waals surface area contributed by atoms with Crippen LogP contribution in [-0.4, -0.2) is 21.1 Å². The number of aliphatic carboxylic acids is 1. The van der Waals surface area contributed by atoms with E-state index in [2.05, 4.69) is 0 Å². The first-order chi connectivity index (χ1) is 10.5. The molecule has 0 aliphatic heterocycles. The van der Waals surface area contributed by atoms with Crippen LogP contribution in [0.4, 0.5) is 5.69 Å². The fraction of sp³-hybridized carbons (Fsp3) is 0.188. The molecule has 114 valence electrons. The molecule has 0 amide bonds. The van der Waals surface area contributed by atoms with E-state index in [0.717, 1.165) is 0 Å². The number of hydrogen-bond donors (Lipinski definition) is 2. The van der Waals surface area contributed by atoms with Crippen molar-refractivity contribution in [3.8, 4) is 11.1 Å². The zero-order valence-electron chi connectivity index (χ0n) is 11.7. The molecule has 1 atom stereocenters. The van der Waals surface area contributed by atoms with Gasteiger partial charge < -0.3 is 10.2 Å². The van der Waals surface area contributed by atoms with E-state index in [4.69, 9.17) is 5.11 Å². The van der Waals surface area contributed by atoms with Gasteiger partial charge >= 0.3 is 5.97 Å². The monoisotopic (exact) mass is 301 g/mol. The van der Waals surface area contributed by atoms with Gasteiger partial charge in [0.2, 0.25) is 0 Å². The van der Waals surface area contributed by atoms with Gasteiger partial charge in [0.1, 0.15) is 0 Å². The van der Waals surface area contributed by atoms with Crippen molar-refractivity contribution >= 4 is 11.7 Å². The number of carboxylic acid groups (broad SMARTS) is 1. The Morgan fingerprint density at radius 1 is 1.14 bits per heavy atom. The lowest BCUT2D eigenvalue weighted by Crippen LogP contribution is -2.02. The number of aliphatic hydroxyl groups is 1. The van der Waals surface area contributed by atoms with Crippen LogP contribution in [0.1, 0.15) is 24.5 Å². The van der Waals surface area contributed by atoms with Gasteiger partial charge in [-0.1, -0.05) is 36.4 Å². The molecule has 0 aliphatic carbocycles. The summed E-state index contributed by atoms with van der Waals surface area (Å²) in [5.41, 5.74) is 1.77. The Kier molecular flexibility index (Phi) is 4.85. The molecule has 0 fully saturated rings. The van der Waals surface area contributed by atoms with Crippen LogP contribution in [-0.2, 0) is 4.79 Å². The fourth-order valence-corrected chi connectivity index (χ4v) is 2.19. The van der Waals surface area contributed by atoms with Crippen LogP contribution in [0.5, 0.6) is 0 Å². The van der Waals surface area contributed by atoms with Crippen molar-refractivity contribution in [2.75, 3.05) is 0 Å². The van der Waals surface area contributed by atoms with Crippen molar-refractivity contribution < 1.29 is 19.9 Å². The molecular weight excluding hydrogens is 286 g/mol. The standard InChI is InChI=1S/C16H15NO5/c18-15(9-10-16(19)20)12-7-5-11(6-8-12)13-3-1-2-4-14(13)17(21)22/h1-8,15,18H,9-10H2,(H,19,20). The summed E-state index contributed by atoms with van der Waals surface area (Å²) in [5.74, 6) is -0.962. The average molecular weight is 301 g/mol. The van der Waals surface area contributed by atoms with Crippen molar-refractivity contribution in [1.82, 2.24) is 0 Å². The van der Waals surface area contributed by atoms with E-state index in [-0.39, 0.29) is 18.5 Å². The number of benzene rings is 2. The Hall–Kier alpha value is -2.73. The van der Waals surface area contributed by atoms with Gasteiger partial charge in [0, 0.05) is 12.5 Å². The zero-order valence-corrected chi connectivity index (χ0v) is 11.7. The first-order valence-electron chi connectivity index (χ1n) is 6.72. The van der Waals surface area contributed by atoms with Crippen LogP contribution >= 0.6 is 0 Å². The third-order valence-electron chi connectivity index (χ3n) is 3.34. The van der Waals surface area contributed by atoms with E-state index in [1.807, 2.05) is 0 Å². The third-order valence-corrected chi connectivity index (χ3v) is 3.34. The summed E-state index contributed by atoms with van der Waals surface area (Å²) in [6.07, 6.45) is -0.858. The number of carboxylic acids is 1. The minimum absolute atomic E-state index is 0.0154. The third kappa shape index (κ3) is 3.67. The number of rotatable bonds is 6. The summed E-state index contributed by atoms with van der Waals surface area (Å²) in [4.78, 5) is 21.1. The first kappa shape index (κ1) is 15.7. The molecule has 22 heavy (non-hydrogen) atoms. The highest BCUT2D eigenvalue weighted by atomic mass is 16.6. The van der Waals surface area contributed by atoms with Crippen LogP contribution in [0.15, 0.2) is 48.5 Å². The maximum atomic E-state index is 11.0. The molecular formula is C16H15NO5. The van der Waals surface area contributed by atoms with Gasteiger partial charge in [0.15, 0.2) is 0 Å². The van der Waals surface area contributed by atoms with Gasteiger partial charge in [-0.2, -0.15) is 0 Å². The molecule has 6 heteroatoms. The van der Waals surface area contributed by atoms with Crippen LogP contribution in [0.25, 0.3) is 11.1 Å². The van der Waals surface area contributed by atoms with Gasteiger partial charge in [0.05, 0.1) is 16.6 Å². The van der Waals surface area contributed by atoms with E-state index in [1.54, 1.807) is 42.5 Å². The topological polar surface area (TPSA) is 101 Å². The van der Waals surface area contributed by atoms with Crippen LogP contribution in [0, 0.1) is 10.1 Å². The predicted molar refractivity (Wildman–Crippen MR) is 80.4 cm³/mol. The van der Waals surface area contributed by atoms with E-state index < -0.39 is 17.0 Å². The summed E-state index contributed by atoms with van der Waals surface area (Å²) in [5, 5.41) is 29.5. The molecule has 0 spiro atoms. The van der Waals surface area contributed by atoms with Crippen molar-refractivity contribution in [3.05, 3.63) is 64.2 Å². The second-order valence-electron chi connectivity index (χ2n) is 4.84. The molecule has 0 radical (unpaired) electrons. The quantitative estimate of drug-likeness (QED) is 0.630. The number of para-hydroxylation sites is 1. The van der Waals surface area contributed by atoms with Crippen molar-refractivity contribution in [2.45, 2.75) is 18.9 Å². The van der Waals surface area contributed by atoms with Gasteiger partial charge in [-0.25, -0.2) is 0 Å². The first-order valence-corrected chi connectivity index (χ1v) is 6.72. The summed E-state index contributed by atoms with van der Waals surface area (Å²) in [6, 6.07) is 13.1. The van der Waals surface area contributed by atoms with E-state index in [9.17, 15) is 20.0 Å². The van der Waals surface area contributed by atoms with Gasteiger partial charge in [-0.05, 0) is 23.6 Å². The molecule has 0 saturated carbocycles. The maximum absolute atomic E-state index is 11.0. The average Bonchev–Trinajstić information content (AvgIpc) is 2.52. The van der Waals surface area contributed by atoms with Crippen LogP contribution in [0.2, 0.25) is 0 Å². The second-order valence-corrected chi connectivity index (χ2v) is 4.84. The smallest absolute Gasteiger partial charge is 0.303 e. The van der Waals surface area contributed by atoms with E-state index >= 15 is 0 Å². The number of aliphatic hydroxyl groups excluding tert-OH is 1. The molecule has 2 rings (SSSR count). The molecule has 0 aliphatic rings. The molecule has 0 heterocycles. The largest absolute Gasteiger partial charge is 0.481 e. The molecule has 0 saturated heterocycles. The van der Waals surface area contributed by atoms with Crippen LogP contribution in [0.3, 0.4) is 0 Å². The number of nitro groups is 1. The molecule has 2 N–H and O–H groups in total. The molecule has 6 nitrogen and oxygen atoms in total. The maximum Gasteiger partial charge on any atom is 0.303 e. The number of hydrogen-bond acceptors (Lipinski definition) is 4. The predicted octanol–water partition coefficient (Wildman–Crippen LogP) is 3.16. The zero-order chi connectivity index (χ0) is 16.1. The summed E-state index contributed by atoms with van der Waals surface area (Å²) >= 11 is 0. The van der Waals surface area contributed by atoms with Gasteiger partial charge in [-0.15, -0.1) is 0 Å². The molecule has 0 aromatic heterocycles. The summed E-state index contributed by atoms with van der Waals surface area (Å²) < 4.78 is 0. The number of nitrogens with zero attached hydrogens (tertiary/aromatic N) is 1. The van der Waals surface area contributed by atoms with Crippen molar-refractivity contribution in [1.29, 1.82) is 0 Å². The lowest BCUT2D eigenvalue weighted by Gasteiger charge is -2.10. The molecule has 0 bridgehead atoms. The van der Waals surface area contributed by atoms with E-state index in [1.165, 1.54) is 6.07 Å². The Bertz CT molecular complexity index is 681. The molecule has 2 aromatic rings. The SMILES string of the molecule is O=C(O)CCC(O)c1ccc(-c2ccccc2[N+](=O)[O-])cc1. The summed E-state index contributed by atoms with van der Waals surface area (Å²) in [6.45, 7) is 0. The van der Waals surface area contributed by atoms with Gasteiger partial charge in [-0.3, -0.25) is 14.9 Å².